The van der Waals surface area contributed by atoms with Crippen LogP contribution in [0.5, 0.6) is 0 Å². The van der Waals surface area contributed by atoms with Crippen LogP contribution in [0.2, 0.25) is 0 Å². The molecule has 0 spiro atoms. The molecule has 0 aromatic carbocycles. The van der Waals surface area contributed by atoms with Crippen molar-refractivity contribution in [2.75, 3.05) is 5.33 Å². The molecule has 0 radical (unpaired) electrons. The molecule has 1 aliphatic rings. The van der Waals surface area contributed by atoms with Crippen molar-refractivity contribution < 1.29 is 8.42 Å². The Morgan fingerprint density at radius 3 is 2.83 bits per heavy atom. The summed E-state index contributed by atoms with van der Waals surface area (Å²) < 4.78 is 28.8. The Hall–Kier alpha value is -0.400. The van der Waals surface area contributed by atoms with Crippen molar-refractivity contribution >= 4 is 26.0 Å². The summed E-state index contributed by atoms with van der Waals surface area (Å²) in [6.07, 6.45) is 7.26. The molecular formula is C11H18BrN3O2S. The van der Waals surface area contributed by atoms with Gasteiger partial charge in [-0.2, -0.15) is 0 Å². The topological polar surface area (TPSA) is 64.0 Å². The van der Waals surface area contributed by atoms with Gasteiger partial charge in [0.05, 0.1) is 6.33 Å². The Labute approximate surface area is 116 Å². The quantitative estimate of drug-likeness (QED) is 0.851. The van der Waals surface area contributed by atoms with E-state index in [4.69, 9.17) is 0 Å². The predicted molar refractivity (Wildman–Crippen MR) is 73.1 cm³/mol. The molecule has 1 aromatic rings. The number of rotatable bonds is 4. The van der Waals surface area contributed by atoms with E-state index < -0.39 is 10.0 Å². The molecule has 2 atom stereocenters. The fourth-order valence-corrected chi connectivity index (χ4v) is 4.43. The maximum Gasteiger partial charge on any atom is 0.259 e. The number of imidazole rings is 1. The van der Waals surface area contributed by atoms with Crippen LogP contribution in [0.25, 0.3) is 0 Å². The van der Waals surface area contributed by atoms with Crippen LogP contribution < -0.4 is 4.72 Å². The second kappa shape index (κ2) is 5.71. The Kier molecular flexibility index (Phi) is 4.45. The van der Waals surface area contributed by atoms with Gasteiger partial charge in [-0.3, -0.25) is 0 Å². The minimum atomic E-state index is -3.48. The summed E-state index contributed by atoms with van der Waals surface area (Å²) >= 11 is 3.46. The van der Waals surface area contributed by atoms with Crippen molar-refractivity contribution in [1.29, 1.82) is 0 Å². The molecule has 1 fully saturated rings. The number of nitrogens with zero attached hydrogens (tertiary/aromatic N) is 2. The van der Waals surface area contributed by atoms with Gasteiger partial charge in [0.25, 0.3) is 10.0 Å². The molecule has 2 rings (SSSR count). The first-order valence-corrected chi connectivity index (χ1v) is 8.69. The smallest absolute Gasteiger partial charge is 0.259 e. The number of hydrogen-bond donors (Lipinski definition) is 1. The number of hydrogen-bond acceptors (Lipinski definition) is 3. The van der Waals surface area contributed by atoms with E-state index in [1.807, 2.05) is 0 Å². The fourth-order valence-electron chi connectivity index (χ4n) is 2.33. The molecule has 5 nitrogen and oxygen atoms in total. The van der Waals surface area contributed by atoms with Gasteiger partial charge in [-0.05, 0) is 18.8 Å². The van der Waals surface area contributed by atoms with Crippen LogP contribution in [0.15, 0.2) is 17.6 Å². The van der Waals surface area contributed by atoms with Crippen molar-refractivity contribution in [1.82, 2.24) is 14.3 Å². The molecule has 2 unspecified atom stereocenters. The summed E-state index contributed by atoms with van der Waals surface area (Å²) in [6.45, 7) is 0. The third kappa shape index (κ3) is 3.13. The second-order valence-electron chi connectivity index (χ2n) is 4.80. The highest BCUT2D eigenvalue weighted by molar-refractivity contribution is 9.09. The summed E-state index contributed by atoms with van der Waals surface area (Å²) in [4.78, 5) is 3.90. The minimum Gasteiger partial charge on any atom is -0.339 e. The van der Waals surface area contributed by atoms with Gasteiger partial charge in [0.2, 0.25) is 0 Å². The van der Waals surface area contributed by atoms with Crippen molar-refractivity contribution in [3.8, 4) is 0 Å². The molecule has 0 amide bonds. The molecule has 102 valence electrons. The Balaban J connectivity index is 2.12. The standard InChI is InChI=1S/C11H18BrN3O2S/c1-15-7-11(13-8-15)18(16,17)14-10-5-3-2-4-9(10)6-12/h7-10,14H,2-6H2,1H3. The maximum atomic E-state index is 12.2. The summed E-state index contributed by atoms with van der Waals surface area (Å²) in [5, 5.41) is 0.937. The van der Waals surface area contributed by atoms with Crippen LogP contribution in [-0.4, -0.2) is 29.3 Å². The van der Waals surface area contributed by atoms with Gasteiger partial charge in [0.15, 0.2) is 5.03 Å². The lowest BCUT2D eigenvalue weighted by molar-refractivity contribution is 0.316. The van der Waals surface area contributed by atoms with Crippen LogP contribution >= 0.6 is 15.9 Å². The van der Waals surface area contributed by atoms with Crippen molar-refractivity contribution in [3.05, 3.63) is 12.5 Å². The molecule has 1 aliphatic carbocycles. The predicted octanol–water partition coefficient (Wildman–Crippen LogP) is 1.65. The van der Waals surface area contributed by atoms with E-state index in [1.54, 1.807) is 11.6 Å². The Morgan fingerprint density at radius 2 is 2.22 bits per heavy atom. The third-order valence-electron chi connectivity index (χ3n) is 3.37. The molecular weight excluding hydrogens is 318 g/mol. The normalized spacial score (nSPS) is 25.2. The molecule has 0 aliphatic heterocycles. The molecule has 1 saturated carbocycles. The first-order chi connectivity index (χ1) is 8.53. The van der Waals surface area contributed by atoms with Crippen LogP contribution in [0.4, 0.5) is 0 Å². The van der Waals surface area contributed by atoms with E-state index >= 15 is 0 Å². The van der Waals surface area contributed by atoms with Gasteiger partial charge < -0.3 is 4.57 Å². The average Bonchev–Trinajstić information content (AvgIpc) is 2.77. The number of aryl methyl sites for hydroxylation is 1. The average molecular weight is 336 g/mol. The van der Waals surface area contributed by atoms with Crippen LogP contribution in [-0.2, 0) is 17.1 Å². The molecule has 1 N–H and O–H groups in total. The highest BCUT2D eigenvalue weighted by Gasteiger charge is 2.29. The van der Waals surface area contributed by atoms with E-state index in [0.29, 0.717) is 5.92 Å². The maximum absolute atomic E-state index is 12.2. The fraction of sp³-hybridized carbons (Fsp3) is 0.727. The Bertz CT molecular complexity index is 500. The lowest BCUT2D eigenvalue weighted by Crippen LogP contribution is -2.42. The lowest BCUT2D eigenvalue weighted by Gasteiger charge is -2.30. The summed E-state index contributed by atoms with van der Waals surface area (Å²) in [5.41, 5.74) is 0. The van der Waals surface area contributed by atoms with Gasteiger partial charge in [-0.15, -0.1) is 0 Å². The van der Waals surface area contributed by atoms with Crippen molar-refractivity contribution in [2.24, 2.45) is 13.0 Å². The number of alkyl halides is 1. The summed E-state index contributed by atoms with van der Waals surface area (Å²) in [7, 11) is -1.73. The van der Waals surface area contributed by atoms with E-state index in [1.165, 1.54) is 18.9 Å². The summed E-state index contributed by atoms with van der Waals surface area (Å²) in [5.74, 6) is 0.372. The number of aromatic nitrogens is 2. The molecule has 18 heavy (non-hydrogen) atoms. The zero-order valence-electron chi connectivity index (χ0n) is 10.3. The van der Waals surface area contributed by atoms with Crippen molar-refractivity contribution in [3.63, 3.8) is 0 Å². The molecule has 0 saturated heterocycles. The first-order valence-electron chi connectivity index (χ1n) is 6.09. The molecule has 0 bridgehead atoms. The van der Waals surface area contributed by atoms with E-state index in [0.717, 1.165) is 24.6 Å². The number of halogens is 1. The van der Waals surface area contributed by atoms with E-state index in [2.05, 4.69) is 25.6 Å². The first kappa shape index (κ1) is 14.0. The highest BCUT2D eigenvalue weighted by atomic mass is 79.9. The van der Waals surface area contributed by atoms with E-state index in [9.17, 15) is 8.42 Å². The number of nitrogens with one attached hydrogen (secondary N) is 1. The zero-order valence-corrected chi connectivity index (χ0v) is 12.7. The summed E-state index contributed by atoms with van der Waals surface area (Å²) in [6, 6.07) is 0.0186. The third-order valence-corrected chi connectivity index (χ3v) is 5.58. The van der Waals surface area contributed by atoms with Crippen LogP contribution in [0.3, 0.4) is 0 Å². The molecule has 1 heterocycles. The van der Waals surface area contributed by atoms with Crippen LogP contribution in [0, 0.1) is 5.92 Å². The molecule has 7 heteroatoms. The lowest BCUT2D eigenvalue weighted by atomic mass is 9.87. The van der Waals surface area contributed by atoms with Gasteiger partial charge in [0, 0.05) is 24.6 Å². The van der Waals surface area contributed by atoms with Crippen molar-refractivity contribution in [2.45, 2.75) is 36.8 Å². The Morgan fingerprint density at radius 1 is 1.50 bits per heavy atom. The van der Waals surface area contributed by atoms with Gasteiger partial charge in [0.1, 0.15) is 0 Å². The zero-order chi connectivity index (χ0) is 13.2. The SMILES string of the molecule is Cn1cnc(S(=O)(=O)NC2CCCCC2CBr)c1. The number of sulfonamides is 1. The second-order valence-corrected chi connectivity index (χ2v) is 7.11. The van der Waals surface area contributed by atoms with Gasteiger partial charge in [-0.25, -0.2) is 18.1 Å². The largest absolute Gasteiger partial charge is 0.339 e. The monoisotopic (exact) mass is 335 g/mol. The minimum absolute atomic E-state index is 0.0186. The van der Waals surface area contributed by atoms with Gasteiger partial charge >= 0.3 is 0 Å². The van der Waals surface area contributed by atoms with E-state index in [-0.39, 0.29) is 11.1 Å². The molecule has 1 aromatic heterocycles. The highest BCUT2D eigenvalue weighted by Crippen LogP contribution is 2.27. The van der Waals surface area contributed by atoms with Gasteiger partial charge in [-0.1, -0.05) is 28.8 Å². The van der Waals surface area contributed by atoms with Crippen LogP contribution in [0.1, 0.15) is 25.7 Å².